The van der Waals surface area contributed by atoms with Gasteiger partial charge in [-0.25, -0.2) is 9.78 Å². The molecule has 3 amide bonds. The van der Waals surface area contributed by atoms with E-state index < -0.39 is 6.03 Å². The van der Waals surface area contributed by atoms with Gasteiger partial charge in [-0.15, -0.1) is 11.3 Å². The van der Waals surface area contributed by atoms with Gasteiger partial charge < -0.3 is 15.6 Å². The molecule has 0 aliphatic rings. The summed E-state index contributed by atoms with van der Waals surface area (Å²) in [5.41, 5.74) is 3.49. The van der Waals surface area contributed by atoms with Crippen molar-refractivity contribution in [1.82, 2.24) is 15.3 Å². The Morgan fingerprint density at radius 3 is 2.71 bits per heavy atom. The number of hydrogen-bond acceptors (Lipinski definition) is 4. The van der Waals surface area contributed by atoms with E-state index in [0.717, 1.165) is 11.9 Å². The van der Waals surface area contributed by atoms with Crippen molar-refractivity contribution in [3.05, 3.63) is 76.4 Å². The van der Waals surface area contributed by atoms with Crippen molar-refractivity contribution >= 4 is 56.6 Å². The van der Waals surface area contributed by atoms with Crippen molar-refractivity contribution in [3.63, 3.8) is 0 Å². The first-order valence-corrected chi connectivity index (χ1v) is 10.9. The summed E-state index contributed by atoms with van der Waals surface area (Å²) in [4.78, 5) is 31.9. The van der Waals surface area contributed by atoms with Crippen molar-refractivity contribution in [1.29, 1.82) is 0 Å². The van der Waals surface area contributed by atoms with Crippen LogP contribution in [0.25, 0.3) is 10.9 Å². The number of halogens is 1. The average Bonchev–Trinajstić information content (AvgIpc) is 3.36. The Morgan fingerprint density at radius 1 is 1.06 bits per heavy atom. The lowest BCUT2D eigenvalue weighted by Gasteiger charge is -2.05. The first-order chi connectivity index (χ1) is 15.1. The molecule has 2 heterocycles. The minimum absolute atomic E-state index is 0.109. The minimum atomic E-state index is -0.411. The molecule has 0 spiro atoms. The Morgan fingerprint density at radius 2 is 1.87 bits per heavy atom. The van der Waals surface area contributed by atoms with E-state index in [2.05, 4.69) is 32.0 Å². The number of rotatable bonds is 7. The summed E-state index contributed by atoms with van der Waals surface area (Å²) in [5, 5.41) is 12.2. The predicted octanol–water partition coefficient (Wildman–Crippen LogP) is 4.82. The van der Waals surface area contributed by atoms with Gasteiger partial charge in [0.1, 0.15) is 0 Å². The van der Waals surface area contributed by atoms with E-state index in [1.807, 2.05) is 24.4 Å². The number of fused-ring (bicyclic) bond motifs is 1. The molecule has 0 aliphatic heterocycles. The lowest BCUT2D eigenvalue weighted by Crippen LogP contribution is -2.27. The molecule has 4 aromatic rings. The van der Waals surface area contributed by atoms with E-state index in [-0.39, 0.29) is 12.3 Å². The van der Waals surface area contributed by atoms with Crippen LogP contribution in [0.2, 0.25) is 5.02 Å². The van der Waals surface area contributed by atoms with Gasteiger partial charge in [0.25, 0.3) is 0 Å². The zero-order valence-electron chi connectivity index (χ0n) is 16.4. The van der Waals surface area contributed by atoms with Gasteiger partial charge in [-0.1, -0.05) is 29.8 Å². The largest absolute Gasteiger partial charge is 0.361 e. The Labute approximate surface area is 187 Å². The average molecular weight is 454 g/mol. The zero-order valence-corrected chi connectivity index (χ0v) is 18.0. The molecule has 2 aromatic carbocycles. The second kappa shape index (κ2) is 9.63. The Hall–Kier alpha value is -3.36. The highest BCUT2D eigenvalue weighted by molar-refractivity contribution is 7.14. The molecule has 0 radical (unpaired) electrons. The molecule has 2 aromatic heterocycles. The molecule has 158 valence electrons. The number of para-hydroxylation sites is 1. The van der Waals surface area contributed by atoms with Gasteiger partial charge in [0.15, 0.2) is 5.13 Å². The zero-order chi connectivity index (χ0) is 21.6. The fourth-order valence-electron chi connectivity index (χ4n) is 3.14. The maximum atomic E-state index is 12.2. The highest BCUT2D eigenvalue weighted by Gasteiger charge is 2.10. The molecule has 0 atom stereocenters. The second-order valence-corrected chi connectivity index (χ2v) is 8.16. The summed E-state index contributed by atoms with van der Waals surface area (Å²) < 4.78 is 0. The van der Waals surface area contributed by atoms with Crippen LogP contribution in [0.4, 0.5) is 15.6 Å². The van der Waals surface area contributed by atoms with Crippen molar-refractivity contribution in [2.75, 3.05) is 17.2 Å². The molecule has 4 N–H and O–H groups in total. The number of H-pyrrole nitrogens is 1. The van der Waals surface area contributed by atoms with Crippen molar-refractivity contribution in [2.24, 2.45) is 0 Å². The topological polar surface area (TPSA) is 98.9 Å². The van der Waals surface area contributed by atoms with Crippen molar-refractivity contribution in [2.45, 2.75) is 12.8 Å². The summed E-state index contributed by atoms with van der Waals surface area (Å²) in [6.45, 7) is 0.541. The van der Waals surface area contributed by atoms with Gasteiger partial charge in [0, 0.05) is 39.7 Å². The molecule has 31 heavy (non-hydrogen) atoms. The van der Waals surface area contributed by atoms with Crippen LogP contribution in [0.1, 0.15) is 11.3 Å². The number of urea groups is 1. The Kier molecular flexibility index (Phi) is 6.49. The SMILES string of the molecule is O=C(Cc1csc(NC(=O)Nc2ccc(Cl)cc2)n1)NCCc1c[nH]c2ccccc12. The van der Waals surface area contributed by atoms with Gasteiger partial charge in [0.05, 0.1) is 12.1 Å². The van der Waals surface area contributed by atoms with Crippen molar-refractivity contribution in [3.8, 4) is 0 Å². The second-order valence-electron chi connectivity index (χ2n) is 6.87. The van der Waals surface area contributed by atoms with Gasteiger partial charge >= 0.3 is 6.03 Å². The van der Waals surface area contributed by atoms with Crippen LogP contribution >= 0.6 is 22.9 Å². The number of amides is 3. The molecule has 0 unspecified atom stereocenters. The van der Waals surface area contributed by atoms with Crippen LogP contribution in [-0.2, 0) is 17.6 Å². The maximum absolute atomic E-state index is 12.2. The van der Waals surface area contributed by atoms with Gasteiger partial charge in [-0.2, -0.15) is 0 Å². The van der Waals surface area contributed by atoms with Crippen molar-refractivity contribution < 1.29 is 9.59 Å². The lowest BCUT2D eigenvalue weighted by atomic mass is 10.1. The van der Waals surface area contributed by atoms with Crippen LogP contribution in [0.15, 0.2) is 60.1 Å². The number of anilines is 2. The fraction of sp³-hybridized carbons (Fsp3) is 0.136. The van der Waals surface area contributed by atoms with Crippen LogP contribution in [-0.4, -0.2) is 28.5 Å². The van der Waals surface area contributed by atoms with Gasteiger partial charge in [-0.05, 0) is 42.3 Å². The highest BCUT2D eigenvalue weighted by Crippen LogP contribution is 2.19. The standard InChI is InChI=1S/C22H20ClN5O2S/c23-15-5-7-16(8-6-15)26-21(30)28-22-27-17(13-31-22)11-20(29)24-10-9-14-12-25-19-4-2-1-3-18(14)19/h1-8,12-13,25H,9-11H2,(H,24,29)(H2,26,27,28,30). The Bertz CT molecular complexity index is 1200. The van der Waals surface area contributed by atoms with E-state index in [1.165, 1.54) is 22.3 Å². The molecule has 4 rings (SSSR count). The highest BCUT2D eigenvalue weighted by atomic mass is 35.5. The van der Waals surface area contributed by atoms with E-state index in [0.29, 0.717) is 28.1 Å². The van der Waals surface area contributed by atoms with E-state index in [1.54, 1.807) is 29.6 Å². The number of hydrogen-bond donors (Lipinski definition) is 4. The smallest absolute Gasteiger partial charge is 0.325 e. The fourth-order valence-corrected chi connectivity index (χ4v) is 3.97. The van der Waals surface area contributed by atoms with Crippen LogP contribution in [0.5, 0.6) is 0 Å². The predicted molar refractivity (Wildman–Crippen MR) is 125 cm³/mol. The van der Waals surface area contributed by atoms with E-state index in [9.17, 15) is 9.59 Å². The number of aromatic nitrogens is 2. The van der Waals surface area contributed by atoms with E-state index in [4.69, 9.17) is 11.6 Å². The Balaban J connectivity index is 1.23. The van der Waals surface area contributed by atoms with Crippen LogP contribution in [0.3, 0.4) is 0 Å². The molecule has 7 nitrogen and oxygen atoms in total. The van der Waals surface area contributed by atoms with Gasteiger partial charge in [0.2, 0.25) is 5.91 Å². The monoisotopic (exact) mass is 453 g/mol. The number of aromatic amines is 1. The summed E-state index contributed by atoms with van der Waals surface area (Å²) in [6.07, 6.45) is 2.87. The number of nitrogens with one attached hydrogen (secondary N) is 4. The number of thiazole rings is 1. The first kappa shape index (κ1) is 20.9. The number of benzene rings is 2. The first-order valence-electron chi connectivity index (χ1n) is 9.66. The van der Waals surface area contributed by atoms with Crippen LogP contribution in [0, 0.1) is 0 Å². The number of carbonyl (C=O) groups excluding carboxylic acids is 2. The molecule has 0 aliphatic carbocycles. The summed E-state index contributed by atoms with van der Waals surface area (Å²) >= 11 is 7.10. The third-order valence-electron chi connectivity index (χ3n) is 4.61. The molecule has 0 bridgehead atoms. The number of carbonyl (C=O) groups is 2. The van der Waals surface area contributed by atoms with Gasteiger partial charge in [-0.3, -0.25) is 10.1 Å². The van der Waals surface area contributed by atoms with E-state index >= 15 is 0 Å². The number of nitrogens with zero attached hydrogens (tertiary/aromatic N) is 1. The molecular weight excluding hydrogens is 434 g/mol. The summed E-state index contributed by atoms with van der Waals surface area (Å²) in [5.74, 6) is -0.109. The third-order valence-corrected chi connectivity index (χ3v) is 5.67. The normalized spacial score (nSPS) is 10.7. The lowest BCUT2D eigenvalue weighted by molar-refractivity contribution is -0.120. The molecule has 0 saturated carbocycles. The summed E-state index contributed by atoms with van der Waals surface area (Å²) in [6, 6.07) is 14.5. The molecular formula is C22H20ClN5O2S. The third kappa shape index (κ3) is 5.62. The maximum Gasteiger partial charge on any atom is 0.325 e. The summed E-state index contributed by atoms with van der Waals surface area (Å²) in [7, 11) is 0. The minimum Gasteiger partial charge on any atom is -0.361 e. The molecule has 0 saturated heterocycles. The van der Waals surface area contributed by atoms with Crippen LogP contribution < -0.4 is 16.0 Å². The quantitative estimate of drug-likeness (QED) is 0.322. The molecule has 9 heteroatoms. The molecule has 0 fully saturated rings.